The number of thiophene rings is 1. The average molecular weight is 338 g/mol. The van der Waals surface area contributed by atoms with E-state index in [0.717, 1.165) is 46.5 Å². The van der Waals surface area contributed by atoms with Crippen LogP contribution in [-0.4, -0.2) is 14.2 Å². The number of benzene rings is 1. The molecular weight excluding hydrogens is 318 g/mol. The van der Waals surface area contributed by atoms with E-state index >= 15 is 0 Å². The van der Waals surface area contributed by atoms with Gasteiger partial charge in [0.15, 0.2) is 11.5 Å². The van der Waals surface area contributed by atoms with Crippen LogP contribution in [0.2, 0.25) is 4.34 Å². The van der Waals surface area contributed by atoms with Crippen LogP contribution in [0.5, 0.6) is 11.5 Å². The lowest BCUT2D eigenvalue weighted by molar-refractivity contribution is 0.351. The Kier molecular flexibility index (Phi) is 6.31. The minimum absolute atomic E-state index is 0.744. The topological polar surface area (TPSA) is 30.5 Å². The maximum Gasteiger partial charge on any atom is 0.164 e. The molecule has 0 radical (unpaired) electrons. The van der Waals surface area contributed by atoms with Crippen LogP contribution in [-0.2, 0) is 19.5 Å². The van der Waals surface area contributed by atoms with Crippen LogP contribution >= 0.6 is 22.9 Å². The van der Waals surface area contributed by atoms with Crippen LogP contribution in [0.15, 0.2) is 36.9 Å². The summed E-state index contributed by atoms with van der Waals surface area (Å²) in [6.07, 6.45) is 2.61. The largest absolute Gasteiger partial charge is 0.493 e. The van der Waals surface area contributed by atoms with E-state index in [4.69, 9.17) is 21.1 Å². The van der Waals surface area contributed by atoms with Crippen LogP contribution < -0.4 is 14.8 Å². The van der Waals surface area contributed by atoms with Gasteiger partial charge in [0.2, 0.25) is 0 Å². The van der Waals surface area contributed by atoms with E-state index in [1.807, 2.05) is 24.3 Å². The number of halogens is 1. The Labute approximate surface area is 140 Å². The first kappa shape index (κ1) is 16.9. The summed E-state index contributed by atoms with van der Waals surface area (Å²) in [6.45, 7) is 5.34. The van der Waals surface area contributed by atoms with E-state index in [2.05, 4.69) is 18.0 Å². The Morgan fingerprint density at radius 3 is 2.64 bits per heavy atom. The summed E-state index contributed by atoms with van der Waals surface area (Å²) in [6, 6.07) is 8.08. The number of rotatable bonds is 8. The molecule has 1 N–H and O–H groups in total. The molecule has 0 atom stereocenters. The third-order valence-electron chi connectivity index (χ3n) is 3.24. The lowest BCUT2D eigenvalue weighted by Gasteiger charge is -2.14. The third kappa shape index (κ3) is 4.26. The van der Waals surface area contributed by atoms with Crippen molar-refractivity contribution in [3.63, 3.8) is 0 Å². The van der Waals surface area contributed by atoms with Gasteiger partial charge in [-0.05, 0) is 30.2 Å². The molecule has 3 nitrogen and oxygen atoms in total. The maximum atomic E-state index is 5.94. The first-order valence-corrected chi connectivity index (χ1v) is 8.17. The van der Waals surface area contributed by atoms with Crippen LogP contribution in [0.3, 0.4) is 0 Å². The predicted molar refractivity (Wildman–Crippen MR) is 93.3 cm³/mol. The molecular formula is C17H20ClNO2S. The number of ether oxygens (including phenoxy) is 2. The van der Waals surface area contributed by atoms with Crippen molar-refractivity contribution in [1.82, 2.24) is 5.32 Å². The molecule has 2 aromatic rings. The number of nitrogens with one attached hydrogen (secondary N) is 1. The molecule has 0 bridgehead atoms. The zero-order valence-corrected chi connectivity index (χ0v) is 14.4. The number of hydrogen-bond acceptors (Lipinski definition) is 4. The Morgan fingerprint density at radius 1 is 1.23 bits per heavy atom. The van der Waals surface area contributed by atoms with Gasteiger partial charge in [-0.3, -0.25) is 0 Å². The van der Waals surface area contributed by atoms with Gasteiger partial charge in [-0.1, -0.05) is 23.7 Å². The summed E-state index contributed by atoms with van der Waals surface area (Å²) in [4.78, 5) is 1.22. The van der Waals surface area contributed by atoms with E-state index in [1.165, 1.54) is 4.88 Å². The second-order valence-corrected chi connectivity index (χ2v) is 6.59. The Balaban J connectivity index is 2.09. The van der Waals surface area contributed by atoms with Gasteiger partial charge >= 0.3 is 0 Å². The van der Waals surface area contributed by atoms with Crippen molar-refractivity contribution in [2.24, 2.45) is 0 Å². The van der Waals surface area contributed by atoms with Crippen LogP contribution in [0.25, 0.3) is 0 Å². The van der Waals surface area contributed by atoms with Crippen molar-refractivity contribution in [3.05, 3.63) is 57.3 Å². The van der Waals surface area contributed by atoms with Gasteiger partial charge in [0.1, 0.15) is 0 Å². The highest BCUT2D eigenvalue weighted by Crippen LogP contribution is 2.33. The number of allylic oxidation sites excluding steroid dienone is 1. The van der Waals surface area contributed by atoms with E-state index in [-0.39, 0.29) is 0 Å². The average Bonchev–Trinajstić information content (AvgIpc) is 2.92. The Hall–Kier alpha value is -1.49. The highest BCUT2D eigenvalue weighted by molar-refractivity contribution is 7.16. The monoisotopic (exact) mass is 337 g/mol. The fourth-order valence-corrected chi connectivity index (χ4v) is 3.35. The second-order valence-electron chi connectivity index (χ2n) is 4.79. The van der Waals surface area contributed by atoms with Crippen molar-refractivity contribution in [1.29, 1.82) is 0 Å². The zero-order valence-electron chi connectivity index (χ0n) is 12.8. The molecule has 0 unspecified atom stereocenters. The van der Waals surface area contributed by atoms with Crippen LogP contribution in [0.1, 0.15) is 16.0 Å². The van der Waals surface area contributed by atoms with Crippen molar-refractivity contribution in [2.75, 3.05) is 14.2 Å². The van der Waals surface area contributed by atoms with Gasteiger partial charge in [-0.15, -0.1) is 17.9 Å². The van der Waals surface area contributed by atoms with Gasteiger partial charge in [0.05, 0.1) is 18.6 Å². The third-order valence-corrected chi connectivity index (χ3v) is 4.47. The summed E-state index contributed by atoms with van der Waals surface area (Å²) in [5.74, 6) is 1.52. The summed E-state index contributed by atoms with van der Waals surface area (Å²) in [5.41, 5.74) is 2.23. The molecule has 0 aliphatic carbocycles. The molecule has 0 saturated carbocycles. The van der Waals surface area contributed by atoms with Gasteiger partial charge in [-0.2, -0.15) is 0 Å². The number of hydrogen-bond donors (Lipinski definition) is 1. The minimum Gasteiger partial charge on any atom is -0.493 e. The summed E-state index contributed by atoms with van der Waals surface area (Å²) < 4.78 is 11.7. The standard InChI is InChI=1S/C17H20ClNO2S/c1-4-5-13-8-12(9-15(20-2)17(13)21-3)10-19-11-14-6-7-16(18)22-14/h4,6-9,19H,1,5,10-11H2,2-3H3. The molecule has 118 valence electrons. The molecule has 0 spiro atoms. The summed E-state index contributed by atoms with van der Waals surface area (Å²) >= 11 is 7.53. The maximum absolute atomic E-state index is 5.94. The Bertz CT molecular complexity index is 640. The first-order valence-electron chi connectivity index (χ1n) is 6.97. The highest BCUT2D eigenvalue weighted by atomic mass is 35.5. The smallest absolute Gasteiger partial charge is 0.164 e. The fourth-order valence-electron chi connectivity index (χ4n) is 2.29. The van der Waals surface area contributed by atoms with Gasteiger partial charge in [0.25, 0.3) is 0 Å². The molecule has 1 aromatic heterocycles. The molecule has 0 fully saturated rings. The molecule has 5 heteroatoms. The SMILES string of the molecule is C=CCc1cc(CNCc2ccc(Cl)s2)cc(OC)c1OC. The zero-order chi connectivity index (χ0) is 15.9. The molecule has 22 heavy (non-hydrogen) atoms. The molecule has 0 aliphatic rings. The lowest BCUT2D eigenvalue weighted by Crippen LogP contribution is -2.12. The van der Waals surface area contributed by atoms with Gasteiger partial charge in [0, 0.05) is 23.5 Å². The summed E-state index contributed by atoms with van der Waals surface area (Å²) in [7, 11) is 3.31. The molecule has 1 heterocycles. The molecule has 1 aromatic carbocycles. The van der Waals surface area contributed by atoms with Crippen molar-refractivity contribution >= 4 is 22.9 Å². The van der Waals surface area contributed by atoms with E-state index < -0.39 is 0 Å². The van der Waals surface area contributed by atoms with Gasteiger partial charge < -0.3 is 14.8 Å². The summed E-state index contributed by atoms with van der Waals surface area (Å²) in [5, 5.41) is 3.42. The minimum atomic E-state index is 0.744. The Morgan fingerprint density at radius 2 is 2.05 bits per heavy atom. The molecule has 0 saturated heterocycles. The predicted octanol–water partition coefficient (Wildman–Crippen LogP) is 4.44. The van der Waals surface area contributed by atoms with E-state index in [0.29, 0.717) is 0 Å². The van der Waals surface area contributed by atoms with Crippen molar-refractivity contribution in [3.8, 4) is 11.5 Å². The molecule has 0 amide bonds. The van der Waals surface area contributed by atoms with Crippen LogP contribution in [0.4, 0.5) is 0 Å². The normalized spacial score (nSPS) is 10.5. The van der Waals surface area contributed by atoms with E-state index in [1.54, 1.807) is 25.6 Å². The first-order chi connectivity index (χ1) is 10.7. The lowest BCUT2D eigenvalue weighted by atomic mass is 10.1. The quantitative estimate of drug-likeness (QED) is 0.722. The van der Waals surface area contributed by atoms with E-state index in [9.17, 15) is 0 Å². The molecule has 0 aliphatic heterocycles. The molecule has 2 rings (SSSR count). The van der Waals surface area contributed by atoms with Gasteiger partial charge in [-0.25, -0.2) is 0 Å². The fraction of sp³-hybridized carbons (Fsp3) is 0.294. The second kappa shape index (κ2) is 8.22. The number of methoxy groups -OCH3 is 2. The highest BCUT2D eigenvalue weighted by Gasteiger charge is 2.11. The van der Waals surface area contributed by atoms with Crippen molar-refractivity contribution in [2.45, 2.75) is 19.5 Å². The van der Waals surface area contributed by atoms with Crippen LogP contribution in [0, 0.1) is 0 Å². The van der Waals surface area contributed by atoms with Crippen molar-refractivity contribution < 1.29 is 9.47 Å².